The summed E-state index contributed by atoms with van der Waals surface area (Å²) in [6.45, 7) is 3.50. The number of carboxylic acid groups (broad SMARTS) is 1. The summed E-state index contributed by atoms with van der Waals surface area (Å²) in [7, 11) is 0. The Labute approximate surface area is 202 Å². The highest BCUT2D eigenvalue weighted by molar-refractivity contribution is 5.96. The van der Waals surface area contributed by atoms with Crippen molar-refractivity contribution in [2.24, 2.45) is 28.9 Å². The summed E-state index contributed by atoms with van der Waals surface area (Å²) in [4.78, 5) is 82.8. The van der Waals surface area contributed by atoms with Gasteiger partial charge in [0.25, 0.3) is 0 Å². The Kier molecular flexibility index (Phi) is 13.6. The van der Waals surface area contributed by atoms with Crippen LogP contribution < -0.4 is 38.9 Å². The number of amides is 6. The molecule has 0 aliphatic heterocycles. The molecule has 12 N–H and O–H groups in total. The molecule has 0 aliphatic rings. The molecule has 0 heterocycles. The summed E-state index contributed by atoms with van der Waals surface area (Å²) < 4.78 is 0. The molecule has 0 radical (unpaired) electrons. The molecule has 0 spiro atoms. The van der Waals surface area contributed by atoms with E-state index >= 15 is 0 Å². The molecular formula is C20H35N7O8. The van der Waals surface area contributed by atoms with Gasteiger partial charge < -0.3 is 44.0 Å². The lowest BCUT2D eigenvalue weighted by atomic mass is 10.0. The van der Waals surface area contributed by atoms with Crippen LogP contribution in [0.2, 0.25) is 0 Å². The van der Waals surface area contributed by atoms with Crippen molar-refractivity contribution in [3.8, 4) is 0 Å². The van der Waals surface area contributed by atoms with E-state index in [0.717, 1.165) is 0 Å². The highest BCUT2D eigenvalue weighted by Gasteiger charge is 2.31. The first kappa shape index (κ1) is 31.2. The third kappa shape index (κ3) is 13.5. The van der Waals surface area contributed by atoms with Crippen LogP contribution in [-0.2, 0) is 33.6 Å². The number of hydrogen-bond acceptors (Lipinski definition) is 8. The molecule has 15 heteroatoms. The predicted molar refractivity (Wildman–Crippen MR) is 122 cm³/mol. The molecule has 0 saturated carbocycles. The van der Waals surface area contributed by atoms with Gasteiger partial charge in [-0.05, 0) is 25.2 Å². The topological polar surface area (TPSA) is 280 Å². The zero-order valence-corrected chi connectivity index (χ0v) is 19.7. The first-order valence-corrected chi connectivity index (χ1v) is 10.9. The molecule has 0 aromatic carbocycles. The Bertz CT molecular complexity index is 817. The maximum atomic E-state index is 12.8. The smallest absolute Gasteiger partial charge is 0.326 e. The highest BCUT2D eigenvalue weighted by Crippen LogP contribution is 2.07. The van der Waals surface area contributed by atoms with Crippen LogP contribution in [0.1, 0.15) is 52.4 Å². The van der Waals surface area contributed by atoms with Crippen LogP contribution >= 0.6 is 0 Å². The van der Waals surface area contributed by atoms with E-state index in [1.165, 1.54) is 0 Å². The van der Waals surface area contributed by atoms with Gasteiger partial charge in [-0.3, -0.25) is 28.8 Å². The summed E-state index contributed by atoms with van der Waals surface area (Å²) in [6.07, 6.45) is -1.49. The Hall–Kier alpha value is -3.75. The van der Waals surface area contributed by atoms with E-state index in [1.54, 1.807) is 13.8 Å². The van der Waals surface area contributed by atoms with Crippen molar-refractivity contribution in [3.63, 3.8) is 0 Å². The number of carbonyl (C=O) groups excluding carboxylic acids is 6. The quantitative estimate of drug-likeness (QED) is 0.0971. The van der Waals surface area contributed by atoms with Crippen LogP contribution in [-0.4, -0.2) is 70.7 Å². The van der Waals surface area contributed by atoms with Gasteiger partial charge in [0.15, 0.2) is 0 Å². The lowest BCUT2D eigenvalue weighted by Gasteiger charge is -2.25. The van der Waals surface area contributed by atoms with Crippen molar-refractivity contribution in [3.05, 3.63) is 0 Å². The van der Waals surface area contributed by atoms with Crippen molar-refractivity contribution in [1.29, 1.82) is 0 Å². The minimum atomic E-state index is -1.55. The summed E-state index contributed by atoms with van der Waals surface area (Å²) in [5.41, 5.74) is 20.9. The number of primary amides is 3. The minimum Gasteiger partial charge on any atom is -0.480 e. The SMILES string of the molecule is CC(C)CC(NC(=O)C(CCC(N)=O)NC(=O)C(CC(N)=O)NC(=O)C(N)CCC(N)=O)C(=O)O. The van der Waals surface area contributed by atoms with E-state index in [9.17, 15) is 38.7 Å². The van der Waals surface area contributed by atoms with Gasteiger partial charge in [-0.1, -0.05) is 13.8 Å². The van der Waals surface area contributed by atoms with Crippen molar-refractivity contribution < 1.29 is 38.7 Å². The third-order valence-electron chi connectivity index (χ3n) is 4.71. The van der Waals surface area contributed by atoms with Gasteiger partial charge in [-0.25, -0.2) is 4.79 Å². The lowest BCUT2D eigenvalue weighted by molar-refractivity contribution is -0.143. The second-order valence-corrected chi connectivity index (χ2v) is 8.44. The highest BCUT2D eigenvalue weighted by atomic mass is 16.4. The molecule has 0 fully saturated rings. The molecule has 0 rings (SSSR count). The van der Waals surface area contributed by atoms with Crippen LogP contribution in [0.15, 0.2) is 0 Å². The molecule has 35 heavy (non-hydrogen) atoms. The number of carbonyl (C=O) groups is 7. The minimum absolute atomic E-state index is 0.0796. The molecule has 0 bridgehead atoms. The van der Waals surface area contributed by atoms with E-state index < -0.39 is 72.0 Å². The third-order valence-corrected chi connectivity index (χ3v) is 4.71. The molecule has 4 atom stereocenters. The Morgan fingerprint density at radius 1 is 0.686 bits per heavy atom. The summed E-state index contributed by atoms with van der Waals surface area (Å²) in [5, 5.41) is 16.1. The molecule has 0 aromatic heterocycles. The fourth-order valence-corrected chi connectivity index (χ4v) is 2.91. The Balaban J connectivity index is 5.57. The number of nitrogens with one attached hydrogen (secondary N) is 3. The summed E-state index contributed by atoms with van der Waals surface area (Å²) >= 11 is 0. The van der Waals surface area contributed by atoms with Gasteiger partial charge in [0.2, 0.25) is 35.4 Å². The van der Waals surface area contributed by atoms with Gasteiger partial charge in [0, 0.05) is 12.8 Å². The van der Waals surface area contributed by atoms with E-state index in [1.807, 2.05) is 0 Å². The maximum Gasteiger partial charge on any atom is 0.326 e. The monoisotopic (exact) mass is 501 g/mol. The van der Waals surface area contributed by atoms with E-state index in [2.05, 4.69) is 16.0 Å². The molecule has 4 unspecified atom stereocenters. The molecular weight excluding hydrogens is 466 g/mol. The molecule has 0 aromatic rings. The van der Waals surface area contributed by atoms with Crippen molar-refractivity contribution in [2.45, 2.75) is 76.5 Å². The second kappa shape index (κ2) is 15.2. The molecule has 0 aliphatic carbocycles. The number of nitrogens with two attached hydrogens (primary N) is 4. The largest absolute Gasteiger partial charge is 0.480 e. The number of hydrogen-bond donors (Lipinski definition) is 8. The Morgan fingerprint density at radius 3 is 1.60 bits per heavy atom. The number of aliphatic carboxylic acids is 1. The normalized spacial score (nSPS) is 14.2. The molecule has 0 saturated heterocycles. The average Bonchev–Trinajstić information content (AvgIpc) is 2.72. The lowest BCUT2D eigenvalue weighted by Crippen LogP contribution is -2.58. The zero-order valence-electron chi connectivity index (χ0n) is 19.7. The summed E-state index contributed by atoms with van der Waals surface area (Å²) in [5.74, 6) is -6.61. The number of carboxylic acids is 1. The van der Waals surface area contributed by atoms with Crippen LogP contribution in [0.3, 0.4) is 0 Å². The first-order valence-electron chi connectivity index (χ1n) is 10.9. The van der Waals surface area contributed by atoms with Crippen LogP contribution in [0.25, 0.3) is 0 Å². The van der Waals surface area contributed by atoms with Crippen molar-refractivity contribution >= 4 is 41.4 Å². The fraction of sp³-hybridized carbons (Fsp3) is 0.650. The zero-order chi connectivity index (χ0) is 27.3. The predicted octanol–water partition coefficient (Wildman–Crippen LogP) is -3.69. The molecule has 6 amide bonds. The van der Waals surface area contributed by atoms with E-state index in [0.29, 0.717) is 0 Å². The van der Waals surface area contributed by atoms with Gasteiger partial charge in [-0.2, -0.15) is 0 Å². The molecule has 198 valence electrons. The van der Waals surface area contributed by atoms with Gasteiger partial charge in [-0.15, -0.1) is 0 Å². The Morgan fingerprint density at radius 2 is 1.14 bits per heavy atom. The van der Waals surface area contributed by atoms with Gasteiger partial charge >= 0.3 is 5.97 Å². The van der Waals surface area contributed by atoms with E-state index in [-0.39, 0.29) is 38.0 Å². The fourth-order valence-electron chi connectivity index (χ4n) is 2.91. The average molecular weight is 502 g/mol. The maximum absolute atomic E-state index is 12.8. The van der Waals surface area contributed by atoms with E-state index in [4.69, 9.17) is 22.9 Å². The number of rotatable bonds is 17. The van der Waals surface area contributed by atoms with Crippen molar-refractivity contribution in [1.82, 2.24) is 16.0 Å². The molecule has 15 nitrogen and oxygen atoms in total. The second-order valence-electron chi connectivity index (χ2n) is 8.44. The van der Waals surface area contributed by atoms with Crippen LogP contribution in [0.5, 0.6) is 0 Å². The van der Waals surface area contributed by atoms with Crippen molar-refractivity contribution in [2.75, 3.05) is 0 Å². The van der Waals surface area contributed by atoms with Crippen LogP contribution in [0.4, 0.5) is 0 Å². The van der Waals surface area contributed by atoms with Gasteiger partial charge in [0.05, 0.1) is 12.5 Å². The standard InChI is InChI=1S/C20H35N7O8/c1-9(2)7-13(20(34)35)27-18(32)11(4-6-15(23)29)25-19(33)12(8-16(24)30)26-17(31)10(21)3-5-14(22)28/h9-13H,3-8,21H2,1-2H3,(H2,22,28)(H2,23,29)(H2,24,30)(H,25,33)(H,26,31)(H,27,32)(H,34,35). The van der Waals surface area contributed by atoms with Gasteiger partial charge in [0.1, 0.15) is 18.1 Å². The first-order chi connectivity index (χ1) is 16.1. The summed E-state index contributed by atoms with van der Waals surface area (Å²) in [6, 6.07) is -5.46. The van der Waals surface area contributed by atoms with Crippen LogP contribution in [0, 0.1) is 5.92 Å².